The number of aryl methyl sites for hydroxylation is 2. The van der Waals surface area contributed by atoms with Crippen LogP contribution in [0.2, 0.25) is 0 Å². The summed E-state index contributed by atoms with van der Waals surface area (Å²) in [4.78, 5) is 25.9. The second-order valence-corrected chi connectivity index (χ2v) is 6.79. The molecule has 22 heavy (non-hydrogen) atoms. The fraction of sp³-hybridized carbons (Fsp3) is 0.529. The van der Waals surface area contributed by atoms with Crippen LogP contribution in [0.5, 0.6) is 0 Å². The minimum absolute atomic E-state index is 0.0508. The van der Waals surface area contributed by atoms with Crippen molar-refractivity contribution in [1.82, 2.24) is 4.90 Å². The van der Waals surface area contributed by atoms with Crippen molar-refractivity contribution in [1.29, 1.82) is 0 Å². The molecule has 4 nitrogen and oxygen atoms in total. The zero-order valence-corrected chi connectivity index (χ0v) is 14.2. The lowest BCUT2D eigenvalue weighted by atomic mass is 10.1. The van der Waals surface area contributed by atoms with Crippen LogP contribution in [0.1, 0.15) is 30.4 Å². The zero-order chi connectivity index (χ0) is 15.9. The van der Waals surface area contributed by atoms with Gasteiger partial charge in [0.05, 0.1) is 11.5 Å². The van der Waals surface area contributed by atoms with Crippen molar-refractivity contribution in [2.45, 2.75) is 33.1 Å². The third-order valence-electron chi connectivity index (χ3n) is 3.83. The first-order valence-corrected chi connectivity index (χ1v) is 8.94. The summed E-state index contributed by atoms with van der Waals surface area (Å²) >= 11 is 1.39. The van der Waals surface area contributed by atoms with Crippen molar-refractivity contribution in [3.8, 4) is 0 Å². The first kappa shape index (κ1) is 16.9. The Morgan fingerprint density at radius 1 is 1.14 bits per heavy atom. The average molecular weight is 320 g/mol. The van der Waals surface area contributed by atoms with Gasteiger partial charge in [-0.15, -0.1) is 11.8 Å². The summed E-state index contributed by atoms with van der Waals surface area (Å²) in [7, 11) is 0. The fourth-order valence-corrected chi connectivity index (χ4v) is 3.24. The molecule has 1 aliphatic rings. The van der Waals surface area contributed by atoms with Crippen LogP contribution >= 0.6 is 11.8 Å². The van der Waals surface area contributed by atoms with E-state index in [2.05, 4.69) is 5.32 Å². The zero-order valence-electron chi connectivity index (χ0n) is 13.4. The highest BCUT2D eigenvalue weighted by Crippen LogP contribution is 2.17. The summed E-state index contributed by atoms with van der Waals surface area (Å²) in [6, 6.07) is 5.99. The molecule has 1 fully saturated rings. The summed E-state index contributed by atoms with van der Waals surface area (Å²) in [5, 5.41) is 2.92. The van der Waals surface area contributed by atoms with Crippen LogP contribution in [0.3, 0.4) is 0 Å². The third kappa shape index (κ3) is 5.05. The van der Waals surface area contributed by atoms with E-state index in [9.17, 15) is 9.59 Å². The largest absolute Gasteiger partial charge is 0.342 e. The topological polar surface area (TPSA) is 49.4 Å². The minimum Gasteiger partial charge on any atom is -0.342 e. The Labute approximate surface area is 136 Å². The number of amides is 2. The van der Waals surface area contributed by atoms with Crippen molar-refractivity contribution in [3.05, 3.63) is 29.3 Å². The van der Waals surface area contributed by atoms with Crippen molar-refractivity contribution in [3.63, 3.8) is 0 Å². The second-order valence-electron chi connectivity index (χ2n) is 5.80. The number of hydrogen-bond acceptors (Lipinski definition) is 3. The van der Waals surface area contributed by atoms with Gasteiger partial charge in [0.1, 0.15) is 0 Å². The molecule has 5 heteroatoms. The van der Waals surface area contributed by atoms with Crippen molar-refractivity contribution < 1.29 is 9.59 Å². The maximum atomic E-state index is 12.0. The highest BCUT2D eigenvalue weighted by Gasteiger charge is 2.16. The number of anilines is 1. The molecule has 1 heterocycles. The van der Waals surface area contributed by atoms with Gasteiger partial charge in [-0.25, -0.2) is 0 Å². The standard InChI is InChI=1S/C17H24N2O2S/c1-13-6-7-14(2)15(10-13)18-16(20)11-22-12-17(21)19-8-4-3-5-9-19/h6-7,10H,3-5,8-9,11-12H2,1-2H3,(H,18,20). The molecule has 0 spiro atoms. The first-order chi connectivity index (χ1) is 10.6. The van der Waals surface area contributed by atoms with Gasteiger partial charge in [0.2, 0.25) is 11.8 Å². The summed E-state index contributed by atoms with van der Waals surface area (Å²) in [5.41, 5.74) is 3.02. The van der Waals surface area contributed by atoms with E-state index in [0.717, 1.165) is 42.7 Å². The highest BCUT2D eigenvalue weighted by molar-refractivity contribution is 8.00. The van der Waals surface area contributed by atoms with Gasteiger partial charge in [0.25, 0.3) is 0 Å². The molecule has 0 aliphatic carbocycles. The Morgan fingerprint density at radius 2 is 1.86 bits per heavy atom. The molecule has 0 unspecified atom stereocenters. The Kier molecular flexibility index (Phi) is 6.31. The molecular formula is C17H24N2O2S. The molecule has 1 aromatic rings. The number of benzene rings is 1. The number of rotatable bonds is 5. The number of nitrogens with zero attached hydrogens (tertiary/aromatic N) is 1. The molecule has 120 valence electrons. The number of hydrogen-bond donors (Lipinski definition) is 1. The van der Waals surface area contributed by atoms with Gasteiger partial charge in [-0.1, -0.05) is 12.1 Å². The average Bonchev–Trinajstić information content (AvgIpc) is 2.51. The molecule has 0 bridgehead atoms. The number of thioether (sulfide) groups is 1. The Hall–Kier alpha value is -1.49. The Balaban J connectivity index is 1.73. The predicted octanol–water partition coefficient (Wildman–Crippen LogP) is 2.99. The number of carbonyl (C=O) groups is 2. The van der Waals surface area contributed by atoms with Crippen molar-refractivity contribution in [2.24, 2.45) is 0 Å². The SMILES string of the molecule is Cc1ccc(C)c(NC(=O)CSCC(=O)N2CCCCC2)c1. The van der Waals surface area contributed by atoms with Gasteiger partial charge in [-0.05, 0) is 50.3 Å². The molecule has 0 atom stereocenters. The minimum atomic E-state index is -0.0508. The Bertz CT molecular complexity index is 539. The molecule has 0 aromatic heterocycles. The van der Waals surface area contributed by atoms with E-state index in [1.807, 2.05) is 36.9 Å². The maximum Gasteiger partial charge on any atom is 0.234 e. The van der Waals surface area contributed by atoms with Gasteiger partial charge in [0, 0.05) is 18.8 Å². The Morgan fingerprint density at radius 3 is 2.59 bits per heavy atom. The van der Waals surface area contributed by atoms with E-state index in [0.29, 0.717) is 11.5 Å². The molecular weight excluding hydrogens is 296 g/mol. The fourth-order valence-electron chi connectivity index (χ4n) is 2.52. The van der Waals surface area contributed by atoms with E-state index in [1.54, 1.807) is 0 Å². The van der Waals surface area contributed by atoms with Crippen LogP contribution in [-0.4, -0.2) is 41.3 Å². The van der Waals surface area contributed by atoms with Gasteiger partial charge < -0.3 is 10.2 Å². The van der Waals surface area contributed by atoms with Gasteiger partial charge in [0.15, 0.2) is 0 Å². The molecule has 1 aromatic carbocycles. The molecule has 0 saturated carbocycles. The van der Waals surface area contributed by atoms with Crippen LogP contribution in [-0.2, 0) is 9.59 Å². The van der Waals surface area contributed by atoms with Crippen molar-refractivity contribution >= 4 is 29.3 Å². The molecule has 1 N–H and O–H groups in total. The lowest BCUT2D eigenvalue weighted by Crippen LogP contribution is -2.37. The number of piperidine rings is 1. The van der Waals surface area contributed by atoms with Crippen LogP contribution in [0, 0.1) is 13.8 Å². The maximum absolute atomic E-state index is 12.0. The lowest BCUT2D eigenvalue weighted by molar-refractivity contribution is -0.129. The van der Waals surface area contributed by atoms with Gasteiger partial charge in [-0.2, -0.15) is 0 Å². The lowest BCUT2D eigenvalue weighted by Gasteiger charge is -2.26. The van der Waals surface area contributed by atoms with Crippen LogP contribution in [0.4, 0.5) is 5.69 Å². The van der Waals surface area contributed by atoms with E-state index < -0.39 is 0 Å². The number of likely N-dealkylation sites (tertiary alicyclic amines) is 1. The number of carbonyl (C=O) groups excluding carboxylic acids is 2. The predicted molar refractivity (Wildman–Crippen MR) is 92.3 cm³/mol. The number of nitrogens with one attached hydrogen (secondary N) is 1. The molecule has 2 rings (SSSR count). The molecule has 1 saturated heterocycles. The van der Waals surface area contributed by atoms with Crippen molar-refractivity contribution in [2.75, 3.05) is 29.9 Å². The molecule has 2 amide bonds. The van der Waals surface area contributed by atoms with Crippen LogP contribution in [0.15, 0.2) is 18.2 Å². The van der Waals surface area contributed by atoms with E-state index in [-0.39, 0.29) is 11.8 Å². The summed E-state index contributed by atoms with van der Waals surface area (Å²) in [5.74, 6) is 0.807. The normalized spacial score (nSPS) is 14.7. The van der Waals surface area contributed by atoms with Crippen LogP contribution in [0.25, 0.3) is 0 Å². The quantitative estimate of drug-likeness (QED) is 0.907. The summed E-state index contributed by atoms with van der Waals surface area (Å²) in [6.45, 7) is 5.71. The van der Waals surface area contributed by atoms with E-state index >= 15 is 0 Å². The summed E-state index contributed by atoms with van der Waals surface area (Å²) < 4.78 is 0. The highest BCUT2D eigenvalue weighted by atomic mass is 32.2. The smallest absolute Gasteiger partial charge is 0.234 e. The summed E-state index contributed by atoms with van der Waals surface area (Å²) in [6.07, 6.45) is 3.42. The third-order valence-corrected chi connectivity index (χ3v) is 4.75. The second kappa shape index (κ2) is 8.22. The van der Waals surface area contributed by atoms with E-state index in [1.165, 1.54) is 18.2 Å². The van der Waals surface area contributed by atoms with Gasteiger partial charge >= 0.3 is 0 Å². The van der Waals surface area contributed by atoms with E-state index in [4.69, 9.17) is 0 Å². The molecule has 1 aliphatic heterocycles. The molecule has 0 radical (unpaired) electrons. The van der Waals surface area contributed by atoms with Gasteiger partial charge in [-0.3, -0.25) is 9.59 Å². The van der Waals surface area contributed by atoms with Crippen LogP contribution < -0.4 is 5.32 Å². The monoisotopic (exact) mass is 320 g/mol. The first-order valence-electron chi connectivity index (χ1n) is 7.79.